The Balaban J connectivity index is 1.32. The SMILES string of the molecule is CCCCCCCCCCCCCCCCC(C)(C)C[C]1CCC2OC2C1. The zero-order chi connectivity index (χ0) is 19.4. The van der Waals surface area contributed by atoms with Gasteiger partial charge in [0, 0.05) is 0 Å². The molecule has 0 bridgehead atoms. The summed E-state index contributed by atoms with van der Waals surface area (Å²) < 4.78 is 5.69. The monoisotopic (exact) mass is 377 g/mol. The maximum Gasteiger partial charge on any atom is 0.0847 e. The van der Waals surface area contributed by atoms with Crippen molar-refractivity contribution in [3.63, 3.8) is 0 Å². The zero-order valence-corrected chi connectivity index (χ0v) is 19.0. The lowest BCUT2D eigenvalue weighted by atomic mass is 9.74. The van der Waals surface area contributed by atoms with Crippen LogP contribution in [0.3, 0.4) is 0 Å². The van der Waals surface area contributed by atoms with Crippen molar-refractivity contribution in [3.8, 4) is 0 Å². The minimum atomic E-state index is 0.508. The Bertz CT molecular complexity index is 361. The molecule has 2 atom stereocenters. The van der Waals surface area contributed by atoms with Crippen molar-refractivity contribution < 1.29 is 4.74 Å². The van der Waals surface area contributed by atoms with Crippen molar-refractivity contribution >= 4 is 0 Å². The fraction of sp³-hybridized carbons (Fsp3) is 0.962. The molecule has 2 rings (SSSR count). The van der Waals surface area contributed by atoms with E-state index < -0.39 is 0 Å². The van der Waals surface area contributed by atoms with Gasteiger partial charge in [0.25, 0.3) is 0 Å². The predicted molar refractivity (Wildman–Crippen MR) is 119 cm³/mol. The largest absolute Gasteiger partial charge is 0.370 e. The third-order valence-electron chi connectivity index (χ3n) is 6.90. The molecule has 0 aromatic heterocycles. The smallest absolute Gasteiger partial charge is 0.0847 e. The molecular weight excluding hydrogens is 328 g/mol. The van der Waals surface area contributed by atoms with Gasteiger partial charge in [0.15, 0.2) is 0 Å². The molecule has 1 aliphatic heterocycles. The van der Waals surface area contributed by atoms with E-state index in [1.54, 1.807) is 5.92 Å². The lowest BCUT2D eigenvalue weighted by Gasteiger charge is -2.30. The van der Waals surface area contributed by atoms with E-state index >= 15 is 0 Å². The molecule has 1 heteroatoms. The maximum absolute atomic E-state index is 5.69. The Morgan fingerprint density at radius 3 is 1.78 bits per heavy atom. The lowest BCUT2D eigenvalue weighted by Crippen LogP contribution is -2.20. The summed E-state index contributed by atoms with van der Waals surface area (Å²) in [5, 5.41) is 0. The third kappa shape index (κ3) is 10.9. The number of fused-ring (bicyclic) bond motifs is 1. The van der Waals surface area contributed by atoms with Gasteiger partial charge in [-0.1, -0.05) is 111 Å². The molecule has 1 saturated carbocycles. The molecule has 2 unspecified atom stereocenters. The van der Waals surface area contributed by atoms with Crippen LogP contribution in [-0.4, -0.2) is 12.2 Å². The number of hydrogen-bond donors (Lipinski definition) is 0. The second kappa shape index (κ2) is 13.2. The van der Waals surface area contributed by atoms with Crippen molar-refractivity contribution in [1.82, 2.24) is 0 Å². The molecule has 0 N–H and O–H groups in total. The Hall–Kier alpha value is -0.0400. The second-order valence-corrected chi connectivity index (χ2v) is 10.4. The van der Waals surface area contributed by atoms with Gasteiger partial charge in [-0.2, -0.15) is 0 Å². The van der Waals surface area contributed by atoms with E-state index in [4.69, 9.17) is 4.74 Å². The van der Waals surface area contributed by atoms with E-state index in [0.29, 0.717) is 17.6 Å². The highest BCUT2D eigenvalue weighted by atomic mass is 16.6. The van der Waals surface area contributed by atoms with Gasteiger partial charge >= 0.3 is 0 Å². The van der Waals surface area contributed by atoms with Gasteiger partial charge in [-0.05, 0) is 43.4 Å². The van der Waals surface area contributed by atoms with E-state index in [-0.39, 0.29) is 0 Å². The van der Waals surface area contributed by atoms with Crippen LogP contribution in [-0.2, 0) is 4.74 Å². The summed E-state index contributed by atoms with van der Waals surface area (Å²) in [5.74, 6) is 1.80. The normalized spacial score (nSPS) is 22.8. The second-order valence-electron chi connectivity index (χ2n) is 10.4. The Morgan fingerprint density at radius 1 is 0.741 bits per heavy atom. The first-order valence-corrected chi connectivity index (χ1v) is 12.6. The molecular formula is C26H49O. The Labute approximate surface area is 171 Å². The fourth-order valence-corrected chi connectivity index (χ4v) is 5.07. The first kappa shape index (κ1) is 23.2. The standard InChI is InChI=1S/C26H49O/c1-4-5-6-7-8-9-10-11-12-13-14-15-16-17-20-26(2,3)22-23-18-19-24-25(21-23)27-24/h24-25H,4-22H2,1-3H3. The molecule has 27 heavy (non-hydrogen) atoms. The third-order valence-corrected chi connectivity index (χ3v) is 6.90. The van der Waals surface area contributed by atoms with E-state index in [9.17, 15) is 0 Å². The maximum atomic E-state index is 5.69. The topological polar surface area (TPSA) is 12.5 Å². The van der Waals surface area contributed by atoms with Crippen LogP contribution in [0.25, 0.3) is 0 Å². The Kier molecular flexibility index (Phi) is 11.4. The molecule has 1 saturated heterocycles. The van der Waals surface area contributed by atoms with Crippen molar-refractivity contribution in [1.29, 1.82) is 0 Å². The number of rotatable bonds is 17. The van der Waals surface area contributed by atoms with E-state index in [0.717, 1.165) is 0 Å². The van der Waals surface area contributed by atoms with E-state index in [1.165, 1.54) is 122 Å². The van der Waals surface area contributed by atoms with Crippen LogP contribution in [0.1, 0.15) is 143 Å². The lowest BCUT2D eigenvalue weighted by molar-refractivity contribution is 0.285. The first-order chi connectivity index (χ1) is 13.1. The summed E-state index contributed by atoms with van der Waals surface area (Å²) >= 11 is 0. The summed E-state index contributed by atoms with van der Waals surface area (Å²) in [6.45, 7) is 7.28. The number of ether oxygens (including phenoxy) is 1. The van der Waals surface area contributed by atoms with Gasteiger partial charge in [-0.25, -0.2) is 0 Å². The van der Waals surface area contributed by atoms with Crippen LogP contribution in [0.4, 0.5) is 0 Å². The van der Waals surface area contributed by atoms with Gasteiger partial charge in [0.2, 0.25) is 0 Å². The highest BCUT2D eigenvalue weighted by molar-refractivity contribution is 5.07. The quantitative estimate of drug-likeness (QED) is 0.182. The van der Waals surface area contributed by atoms with E-state index in [2.05, 4.69) is 20.8 Å². The van der Waals surface area contributed by atoms with Crippen LogP contribution >= 0.6 is 0 Å². The molecule has 2 aliphatic rings. The minimum Gasteiger partial charge on any atom is -0.370 e. The predicted octanol–water partition coefficient (Wildman–Crippen LogP) is 8.80. The molecule has 0 spiro atoms. The highest BCUT2D eigenvalue weighted by Crippen LogP contribution is 2.45. The van der Waals surface area contributed by atoms with Crippen LogP contribution in [0, 0.1) is 11.3 Å². The molecule has 1 heterocycles. The molecule has 2 fully saturated rings. The summed E-state index contributed by atoms with van der Waals surface area (Å²) in [6.07, 6.45) is 28.3. The first-order valence-electron chi connectivity index (χ1n) is 12.6. The van der Waals surface area contributed by atoms with E-state index in [1.807, 2.05) is 0 Å². The molecule has 1 nitrogen and oxygen atoms in total. The van der Waals surface area contributed by atoms with Crippen molar-refractivity contribution in [2.24, 2.45) is 5.41 Å². The van der Waals surface area contributed by atoms with Gasteiger partial charge in [-0.15, -0.1) is 0 Å². The van der Waals surface area contributed by atoms with Crippen LogP contribution in [0.15, 0.2) is 0 Å². The molecule has 159 valence electrons. The van der Waals surface area contributed by atoms with Crippen LogP contribution in [0.5, 0.6) is 0 Å². The fourth-order valence-electron chi connectivity index (χ4n) is 5.07. The van der Waals surface area contributed by atoms with Crippen LogP contribution in [0.2, 0.25) is 0 Å². The van der Waals surface area contributed by atoms with Crippen molar-refractivity contribution in [2.45, 2.75) is 155 Å². The van der Waals surface area contributed by atoms with Gasteiger partial charge in [0.05, 0.1) is 12.2 Å². The summed E-state index contributed by atoms with van der Waals surface area (Å²) in [7, 11) is 0. The number of epoxide rings is 1. The van der Waals surface area contributed by atoms with Crippen LogP contribution < -0.4 is 0 Å². The highest BCUT2D eigenvalue weighted by Gasteiger charge is 2.44. The zero-order valence-electron chi connectivity index (χ0n) is 19.0. The Morgan fingerprint density at radius 2 is 1.26 bits per heavy atom. The molecule has 1 aliphatic carbocycles. The van der Waals surface area contributed by atoms with Crippen molar-refractivity contribution in [3.05, 3.63) is 5.92 Å². The minimum absolute atomic E-state index is 0.508. The van der Waals surface area contributed by atoms with Gasteiger partial charge in [0.1, 0.15) is 0 Å². The average Bonchev–Trinajstić information content (AvgIpc) is 3.40. The molecule has 1 radical (unpaired) electrons. The molecule has 0 amide bonds. The van der Waals surface area contributed by atoms with Gasteiger partial charge < -0.3 is 4.74 Å². The van der Waals surface area contributed by atoms with Crippen molar-refractivity contribution in [2.75, 3.05) is 0 Å². The average molecular weight is 378 g/mol. The summed E-state index contributed by atoms with van der Waals surface area (Å²) in [6, 6.07) is 0. The summed E-state index contributed by atoms with van der Waals surface area (Å²) in [4.78, 5) is 0. The molecule has 0 aromatic rings. The number of unbranched alkanes of at least 4 members (excludes halogenated alkanes) is 13. The summed E-state index contributed by atoms with van der Waals surface area (Å²) in [5.41, 5.74) is 0.508. The molecule has 0 aromatic carbocycles. The number of hydrogen-bond acceptors (Lipinski definition) is 1. The van der Waals surface area contributed by atoms with Gasteiger partial charge in [-0.3, -0.25) is 0 Å².